The fourth-order valence-electron chi connectivity index (χ4n) is 3.19. The van der Waals surface area contributed by atoms with E-state index >= 15 is 0 Å². The molecule has 1 aliphatic rings. The average Bonchev–Trinajstić information content (AvgIpc) is 3.18. The highest BCUT2D eigenvalue weighted by molar-refractivity contribution is 7.99. The van der Waals surface area contributed by atoms with E-state index in [1.165, 1.54) is 31.7 Å². The molecule has 0 spiro atoms. The second kappa shape index (κ2) is 9.60. The van der Waals surface area contributed by atoms with Gasteiger partial charge in [0, 0.05) is 40.6 Å². The number of H-pyrrole nitrogens is 1. The SMILES string of the molecule is CCc1cc(=O)[nH]c(-c2cccc(NC(=O)NCCSC3CCCC3)c2)n1. The van der Waals surface area contributed by atoms with E-state index in [0.717, 1.165) is 22.3 Å². The van der Waals surface area contributed by atoms with Crippen molar-refractivity contribution < 1.29 is 4.79 Å². The van der Waals surface area contributed by atoms with E-state index in [-0.39, 0.29) is 11.6 Å². The van der Waals surface area contributed by atoms with Crippen molar-refractivity contribution in [1.82, 2.24) is 15.3 Å². The minimum absolute atomic E-state index is 0.173. The first-order valence-electron chi connectivity index (χ1n) is 9.51. The molecule has 0 saturated heterocycles. The van der Waals surface area contributed by atoms with Crippen LogP contribution in [0.2, 0.25) is 0 Å². The second-order valence-corrected chi connectivity index (χ2v) is 8.09. The molecule has 1 heterocycles. The Morgan fingerprint density at radius 3 is 2.89 bits per heavy atom. The molecular weight excluding hydrogens is 360 g/mol. The number of nitrogens with one attached hydrogen (secondary N) is 3. The second-order valence-electron chi connectivity index (χ2n) is 6.68. The smallest absolute Gasteiger partial charge is 0.319 e. The van der Waals surface area contributed by atoms with Crippen LogP contribution in [0.4, 0.5) is 10.5 Å². The zero-order chi connectivity index (χ0) is 19.1. The van der Waals surface area contributed by atoms with E-state index in [4.69, 9.17) is 0 Å². The molecule has 27 heavy (non-hydrogen) atoms. The lowest BCUT2D eigenvalue weighted by Crippen LogP contribution is -2.30. The van der Waals surface area contributed by atoms with Crippen LogP contribution in [0.3, 0.4) is 0 Å². The largest absolute Gasteiger partial charge is 0.337 e. The molecule has 0 bridgehead atoms. The van der Waals surface area contributed by atoms with Crippen LogP contribution in [-0.4, -0.2) is 33.5 Å². The third-order valence-corrected chi connectivity index (χ3v) is 5.98. The van der Waals surface area contributed by atoms with E-state index in [2.05, 4.69) is 20.6 Å². The van der Waals surface area contributed by atoms with Crippen molar-refractivity contribution >= 4 is 23.5 Å². The molecule has 2 aromatic rings. The Morgan fingerprint density at radius 1 is 1.30 bits per heavy atom. The van der Waals surface area contributed by atoms with Crippen LogP contribution in [-0.2, 0) is 6.42 Å². The Kier molecular flexibility index (Phi) is 6.92. The van der Waals surface area contributed by atoms with Gasteiger partial charge in [-0.1, -0.05) is 31.9 Å². The quantitative estimate of drug-likeness (QED) is 0.632. The number of hydrogen-bond acceptors (Lipinski definition) is 4. The van der Waals surface area contributed by atoms with Gasteiger partial charge in [-0.25, -0.2) is 9.78 Å². The van der Waals surface area contributed by atoms with Crippen LogP contribution < -0.4 is 16.2 Å². The van der Waals surface area contributed by atoms with Crippen LogP contribution in [0.25, 0.3) is 11.4 Å². The molecule has 1 aliphatic carbocycles. The summed E-state index contributed by atoms with van der Waals surface area (Å²) in [5.74, 6) is 1.45. The van der Waals surface area contributed by atoms with Gasteiger partial charge in [-0.2, -0.15) is 11.8 Å². The van der Waals surface area contributed by atoms with Gasteiger partial charge in [0.2, 0.25) is 0 Å². The van der Waals surface area contributed by atoms with Gasteiger partial charge in [0.25, 0.3) is 5.56 Å². The number of carbonyl (C=O) groups is 1. The molecule has 0 unspecified atom stereocenters. The van der Waals surface area contributed by atoms with Gasteiger partial charge in [-0.3, -0.25) is 4.79 Å². The van der Waals surface area contributed by atoms with Crippen LogP contribution in [0.1, 0.15) is 38.3 Å². The number of amides is 2. The lowest BCUT2D eigenvalue weighted by atomic mass is 10.2. The number of benzene rings is 1. The standard InChI is InChI=1S/C20H26N4O2S/c1-2-15-13-18(25)24-19(22-15)14-6-5-7-16(12-14)23-20(26)21-10-11-27-17-8-3-4-9-17/h5-7,12-13,17H,2-4,8-11H2,1H3,(H2,21,23,26)(H,22,24,25). The third-order valence-electron chi connectivity index (χ3n) is 4.59. The zero-order valence-electron chi connectivity index (χ0n) is 15.6. The molecular formula is C20H26N4O2S. The number of nitrogens with zero attached hydrogens (tertiary/aromatic N) is 1. The maximum absolute atomic E-state index is 12.1. The van der Waals surface area contributed by atoms with Crippen molar-refractivity contribution in [2.75, 3.05) is 17.6 Å². The summed E-state index contributed by atoms with van der Waals surface area (Å²) < 4.78 is 0. The number of aromatic amines is 1. The summed E-state index contributed by atoms with van der Waals surface area (Å²) in [6, 6.07) is 8.60. The molecule has 1 aromatic carbocycles. The van der Waals surface area contributed by atoms with Gasteiger partial charge in [-0.15, -0.1) is 0 Å². The summed E-state index contributed by atoms with van der Waals surface area (Å²) in [7, 11) is 0. The molecule has 7 heteroatoms. The Hall–Kier alpha value is -2.28. The summed E-state index contributed by atoms with van der Waals surface area (Å²) in [6.45, 7) is 2.61. The van der Waals surface area contributed by atoms with Crippen LogP contribution in [0, 0.1) is 0 Å². The maximum atomic E-state index is 12.1. The third kappa shape index (κ3) is 5.85. The van der Waals surface area contributed by atoms with Crippen LogP contribution in [0.5, 0.6) is 0 Å². The topological polar surface area (TPSA) is 86.9 Å². The fraction of sp³-hybridized carbons (Fsp3) is 0.450. The molecule has 2 amide bonds. The van der Waals surface area contributed by atoms with Crippen LogP contribution in [0.15, 0.2) is 35.1 Å². The summed E-state index contributed by atoms with van der Waals surface area (Å²) in [5.41, 5.74) is 1.99. The number of anilines is 1. The lowest BCUT2D eigenvalue weighted by molar-refractivity contribution is 0.252. The fourth-order valence-corrected chi connectivity index (χ4v) is 4.41. The Labute approximate surface area is 163 Å². The first-order valence-corrected chi connectivity index (χ1v) is 10.6. The van der Waals surface area contributed by atoms with Crippen molar-refractivity contribution in [2.45, 2.75) is 44.3 Å². The van der Waals surface area contributed by atoms with Gasteiger partial charge >= 0.3 is 6.03 Å². The summed E-state index contributed by atoms with van der Waals surface area (Å²) in [4.78, 5) is 31.1. The molecule has 3 N–H and O–H groups in total. The Bertz CT molecular complexity index is 831. The van der Waals surface area contributed by atoms with Crippen molar-refractivity contribution in [3.05, 3.63) is 46.4 Å². The van der Waals surface area contributed by atoms with E-state index in [0.29, 0.717) is 24.5 Å². The molecule has 6 nitrogen and oxygen atoms in total. The Balaban J connectivity index is 1.54. The van der Waals surface area contributed by atoms with Crippen molar-refractivity contribution in [2.24, 2.45) is 0 Å². The predicted molar refractivity (Wildman–Crippen MR) is 111 cm³/mol. The van der Waals surface area contributed by atoms with Gasteiger partial charge in [-0.05, 0) is 31.4 Å². The molecule has 144 valence electrons. The maximum Gasteiger partial charge on any atom is 0.319 e. The lowest BCUT2D eigenvalue weighted by Gasteiger charge is -2.11. The van der Waals surface area contributed by atoms with Crippen molar-refractivity contribution in [1.29, 1.82) is 0 Å². The minimum Gasteiger partial charge on any atom is -0.337 e. The number of carbonyl (C=O) groups excluding carboxylic acids is 1. The van der Waals surface area contributed by atoms with Gasteiger partial charge in [0.1, 0.15) is 5.82 Å². The highest BCUT2D eigenvalue weighted by atomic mass is 32.2. The number of hydrogen-bond donors (Lipinski definition) is 3. The molecule has 0 atom stereocenters. The first kappa shape index (κ1) is 19.5. The number of aryl methyl sites for hydroxylation is 1. The average molecular weight is 387 g/mol. The normalized spacial score (nSPS) is 14.3. The van der Waals surface area contributed by atoms with Crippen molar-refractivity contribution in [3.8, 4) is 11.4 Å². The van der Waals surface area contributed by atoms with Crippen LogP contribution >= 0.6 is 11.8 Å². The molecule has 3 rings (SSSR count). The number of rotatable bonds is 7. The van der Waals surface area contributed by atoms with Gasteiger partial charge in [0.15, 0.2) is 0 Å². The number of aromatic nitrogens is 2. The first-order chi connectivity index (χ1) is 13.1. The minimum atomic E-state index is -0.220. The molecule has 0 aliphatic heterocycles. The monoisotopic (exact) mass is 386 g/mol. The van der Waals surface area contributed by atoms with E-state index in [1.807, 2.05) is 43.0 Å². The van der Waals surface area contributed by atoms with Crippen molar-refractivity contribution in [3.63, 3.8) is 0 Å². The molecule has 0 radical (unpaired) electrons. The van der Waals surface area contributed by atoms with E-state index in [9.17, 15) is 9.59 Å². The molecule has 1 saturated carbocycles. The summed E-state index contributed by atoms with van der Waals surface area (Å²) in [5, 5.41) is 6.51. The van der Waals surface area contributed by atoms with Gasteiger partial charge in [0.05, 0.1) is 0 Å². The highest BCUT2D eigenvalue weighted by Crippen LogP contribution is 2.28. The number of urea groups is 1. The predicted octanol–water partition coefficient (Wildman–Crippen LogP) is 3.80. The highest BCUT2D eigenvalue weighted by Gasteiger charge is 2.14. The van der Waals surface area contributed by atoms with E-state index in [1.54, 1.807) is 0 Å². The molecule has 1 aromatic heterocycles. The molecule has 1 fully saturated rings. The summed E-state index contributed by atoms with van der Waals surface area (Å²) in [6.07, 6.45) is 5.97. The van der Waals surface area contributed by atoms with E-state index < -0.39 is 0 Å². The number of thioether (sulfide) groups is 1. The zero-order valence-corrected chi connectivity index (χ0v) is 16.4. The summed E-state index contributed by atoms with van der Waals surface area (Å²) >= 11 is 1.95. The van der Waals surface area contributed by atoms with Gasteiger partial charge < -0.3 is 15.6 Å². The Morgan fingerprint density at radius 2 is 2.11 bits per heavy atom.